The van der Waals surface area contributed by atoms with Crippen molar-refractivity contribution in [1.82, 2.24) is 4.90 Å². The van der Waals surface area contributed by atoms with E-state index < -0.39 is 0 Å². The molecule has 1 aliphatic rings. The molecule has 0 bridgehead atoms. The lowest BCUT2D eigenvalue weighted by Gasteiger charge is -2.38. The molecule has 100 valence electrons. The third-order valence-corrected chi connectivity index (χ3v) is 4.14. The molecule has 1 amide bonds. The van der Waals surface area contributed by atoms with Gasteiger partial charge in [0.15, 0.2) is 10.4 Å². The number of hydrogen-bond donors (Lipinski definition) is 1. The van der Waals surface area contributed by atoms with Crippen LogP contribution in [0.15, 0.2) is 21.2 Å². The van der Waals surface area contributed by atoms with Gasteiger partial charge in [-0.2, -0.15) is 0 Å². The number of furan rings is 1. The molecule has 0 aromatic carbocycles. The van der Waals surface area contributed by atoms with Crippen LogP contribution < -0.4 is 5.73 Å². The average molecular weight is 315 g/mol. The molecule has 1 fully saturated rings. The Morgan fingerprint density at radius 3 is 2.94 bits per heavy atom. The molecule has 1 aromatic heterocycles. The first kappa shape index (κ1) is 13.6. The lowest BCUT2D eigenvalue weighted by atomic mass is 9.89. The number of rotatable bonds is 3. The van der Waals surface area contributed by atoms with Gasteiger partial charge in [-0.25, -0.2) is 0 Å². The van der Waals surface area contributed by atoms with Crippen molar-refractivity contribution in [1.29, 1.82) is 0 Å². The Morgan fingerprint density at radius 2 is 2.39 bits per heavy atom. The Labute approximate surface area is 116 Å². The number of likely N-dealkylation sites (tertiary alicyclic amines) is 1. The van der Waals surface area contributed by atoms with Gasteiger partial charge >= 0.3 is 0 Å². The van der Waals surface area contributed by atoms with Crippen LogP contribution in [0, 0.1) is 5.92 Å². The molecule has 4 nitrogen and oxygen atoms in total. The van der Waals surface area contributed by atoms with Crippen LogP contribution in [-0.2, 0) is 0 Å². The summed E-state index contributed by atoms with van der Waals surface area (Å²) >= 11 is 3.22. The fourth-order valence-electron chi connectivity index (χ4n) is 2.57. The Hall–Kier alpha value is -0.810. The number of carbonyl (C=O) groups excluding carboxylic acids is 1. The zero-order chi connectivity index (χ0) is 13.1. The molecule has 0 radical (unpaired) electrons. The summed E-state index contributed by atoms with van der Waals surface area (Å²) < 4.78 is 5.91. The predicted octanol–water partition coefficient (Wildman–Crippen LogP) is 2.63. The number of amides is 1. The van der Waals surface area contributed by atoms with E-state index in [2.05, 4.69) is 22.9 Å². The molecule has 2 N–H and O–H groups in total. The number of hydrogen-bond acceptors (Lipinski definition) is 3. The van der Waals surface area contributed by atoms with Crippen LogP contribution >= 0.6 is 15.9 Å². The third-order valence-electron chi connectivity index (χ3n) is 3.72. The maximum atomic E-state index is 12.3. The van der Waals surface area contributed by atoms with Crippen LogP contribution in [0.25, 0.3) is 0 Å². The Bertz CT molecular complexity index is 419. The number of piperidine rings is 1. The van der Waals surface area contributed by atoms with Crippen LogP contribution in [0.4, 0.5) is 0 Å². The van der Waals surface area contributed by atoms with Gasteiger partial charge in [-0.1, -0.05) is 13.3 Å². The number of nitrogens with zero attached hydrogens (tertiary/aromatic N) is 1. The van der Waals surface area contributed by atoms with Gasteiger partial charge in [-0.15, -0.1) is 0 Å². The minimum Gasteiger partial charge on any atom is -0.444 e. The lowest BCUT2D eigenvalue weighted by molar-refractivity contribution is 0.0525. The van der Waals surface area contributed by atoms with Crippen LogP contribution in [0.1, 0.15) is 36.7 Å². The van der Waals surface area contributed by atoms with Crippen molar-refractivity contribution in [2.75, 3.05) is 13.1 Å². The molecule has 5 heteroatoms. The van der Waals surface area contributed by atoms with Crippen LogP contribution in [0.5, 0.6) is 0 Å². The number of carbonyl (C=O) groups is 1. The summed E-state index contributed by atoms with van der Waals surface area (Å²) in [5.74, 6) is 1.02. The largest absolute Gasteiger partial charge is 0.444 e. The van der Waals surface area contributed by atoms with Crippen molar-refractivity contribution >= 4 is 21.8 Å². The summed E-state index contributed by atoms with van der Waals surface area (Å²) in [6.07, 6.45) is 3.21. The molecule has 0 saturated carbocycles. The van der Waals surface area contributed by atoms with E-state index >= 15 is 0 Å². The summed E-state index contributed by atoms with van der Waals surface area (Å²) in [5.41, 5.74) is 5.80. The minimum absolute atomic E-state index is 0.0503. The van der Waals surface area contributed by atoms with Crippen molar-refractivity contribution in [3.8, 4) is 0 Å². The molecule has 1 aliphatic heterocycles. The molecule has 2 heterocycles. The Balaban J connectivity index is 2.10. The van der Waals surface area contributed by atoms with Gasteiger partial charge in [0.2, 0.25) is 0 Å². The first-order valence-electron chi connectivity index (χ1n) is 6.42. The second kappa shape index (κ2) is 5.89. The third kappa shape index (κ3) is 2.78. The van der Waals surface area contributed by atoms with Crippen LogP contribution in [0.2, 0.25) is 0 Å². The average Bonchev–Trinajstić information content (AvgIpc) is 2.83. The van der Waals surface area contributed by atoms with E-state index in [1.807, 2.05) is 4.90 Å². The predicted molar refractivity (Wildman–Crippen MR) is 73.3 cm³/mol. The van der Waals surface area contributed by atoms with E-state index in [1.165, 1.54) is 0 Å². The fraction of sp³-hybridized carbons (Fsp3) is 0.615. The first-order chi connectivity index (χ1) is 8.65. The topological polar surface area (TPSA) is 59.5 Å². The summed E-state index contributed by atoms with van der Waals surface area (Å²) in [6, 6.07) is 3.58. The lowest BCUT2D eigenvalue weighted by Crippen LogP contribution is -2.49. The van der Waals surface area contributed by atoms with E-state index in [4.69, 9.17) is 10.2 Å². The Morgan fingerprint density at radius 1 is 1.61 bits per heavy atom. The van der Waals surface area contributed by atoms with Crippen LogP contribution in [-0.4, -0.2) is 29.9 Å². The molecule has 1 aromatic rings. The summed E-state index contributed by atoms with van der Waals surface area (Å²) in [7, 11) is 0. The summed E-state index contributed by atoms with van der Waals surface area (Å²) in [5, 5.41) is 0. The Kier molecular flexibility index (Phi) is 4.45. The maximum Gasteiger partial charge on any atom is 0.289 e. The van der Waals surface area contributed by atoms with Gasteiger partial charge in [0, 0.05) is 19.1 Å². The van der Waals surface area contributed by atoms with E-state index in [0.717, 1.165) is 25.8 Å². The minimum atomic E-state index is -0.0503. The van der Waals surface area contributed by atoms with Crippen molar-refractivity contribution in [2.45, 2.75) is 32.2 Å². The van der Waals surface area contributed by atoms with Crippen molar-refractivity contribution in [3.05, 3.63) is 22.6 Å². The van der Waals surface area contributed by atoms with Gasteiger partial charge in [0.25, 0.3) is 5.91 Å². The van der Waals surface area contributed by atoms with Gasteiger partial charge in [0.1, 0.15) is 0 Å². The monoisotopic (exact) mass is 314 g/mol. The normalized spacial score (nSPS) is 24.3. The van der Waals surface area contributed by atoms with Crippen molar-refractivity contribution in [3.63, 3.8) is 0 Å². The SMILES string of the molecule is CCC1CCN(C(=O)c2ccc(Br)o2)C(CN)C1. The number of nitrogens with two attached hydrogens (primary N) is 1. The first-order valence-corrected chi connectivity index (χ1v) is 7.21. The summed E-state index contributed by atoms with van der Waals surface area (Å²) in [4.78, 5) is 14.2. The quantitative estimate of drug-likeness (QED) is 0.933. The van der Waals surface area contributed by atoms with Crippen molar-refractivity contribution in [2.24, 2.45) is 11.7 Å². The van der Waals surface area contributed by atoms with E-state index in [0.29, 0.717) is 22.9 Å². The summed E-state index contributed by atoms with van der Waals surface area (Å²) in [6.45, 7) is 3.49. The second-order valence-corrected chi connectivity index (χ2v) is 5.57. The maximum absolute atomic E-state index is 12.3. The van der Waals surface area contributed by atoms with Crippen molar-refractivity contribution < 1.29 is 9.21 Å². The molecular formula is C13H19BrN2O2. The number of halogens is 1. The van der Waals surface area contributed by atoms with Gasteiger partial charge in [-0.3, -0.25) is 4.79 Å². The molecule has 2 rings (SSSR count). The zero-order valence-electron chi connectivity index (χ0n) is 10.6. The molecule has 18 heavy (non-hydrogen) atoms. The van der Waals surface area contributed by atoms with E-state index in [-0.39, 0.29) is 11.9 Å². The highest BCUT2D eigenvalue weighted by Gasteiger charge is 2.31. The highest BCUT2D eigenvalue weighted by molar-refractivity contribution is 9.10. The molecular weight excluding hydrogens is 296 g/mol. The van der Waals surface area contributed by atoms with Gasteiger partial charge < -0.3 is 15.1 Å². The molecule has 0 aliphatic carbocycles. The van der Waals surface area contributed by atoms with Gasteiger partial charge in [-0.05, 0) is 46.8 Å². The highest BCUT2D eigenvalue weighted by Crippen LogP contribution is 2.27. The standard InChI is InChI=1S/C13H19BrN2O2/c1-2-9-5-6-16(10(7-9)8-15)13(17)11-3-4-12(14)18-11/h3-4,9-10H,2,5-8,15H2,1H3. The molecule has 0 spiro atoms. The highest BCUT2D eigenvalue weighted by atomic mass is 79.9. The van der Waals surface area contributed by atoms with E-state index in [1.54, 1.807) is 12.1 Å². The molecule has 2 unspecified atom stereocenters. The van der Waals surface area contributed by atoms with Crippen LogP contribution in [0.3, 0.4) is 0 Å². The molecule has 2 atom stereocenters. The van der Waals surface area contributed by atoms with E-state index in [9.17, 15) is 4.79 Å². The van der Waals surface area contributed by atoms with Gasteiger partial charge in [0.05, 0.1) is 0 Å². The molecule has 1 saturated heterocycles. The second-order valence-electron chi connectivity index (χ2n) is 4.79. The fourth-order valence-corrected chi connectivity index (χ4v) is 2.87. The smallest absolute Gasteiger partial charge is 0.289 e. The zero-order valence-corrected chi connectivity index (χ0v) is 12.1.